The van der Waals surface area contributed by atoms with Crippen molar-refractivity contribution in [1.82, 2.24) is 0 Å². The van der Waals surface area contributed by atoms with E-state index in [1.165, 1.54) is 23.9 Å². The summed E-state index contributed by atoms with van der Waals surface area (Å²) in [7, 11) is 1.78. The van der Waals surface area contributed by atoms with E-state index in [1.807, 2.05) is 25.2 Å². The van der Waals surface area contributed by atoms with Gasteiger partial charge in [0.1, 0.15) is 0 Å². The van der Waals surface area contributed by atoms with Crippen LogP contribution in [0.25, 0.3) is 0 Å². The second-order valence-electron chi connectivity index (χ2n) is 5.54. The summed E-state index contributed by atoms with van der Waals surface area (Å²) < 4.78 is 0. The van der Waals surface area contributed by atoms with E-state index >= 15 is 0 Å². The first-order valence-corrected chi connectivity index (χ1v) is 7.79. The molecular formula is C17H22ClN3. The van der Waals surface area contributed by atoms with Crippen molar-refractivity contribution in [3.8, 4) is 0 Å². The van der Waals surface area contributed by atoms with Crippen LogP contribution in [-0.4, -0.2) is 12.9 Å². The van der Waals surface area contributed by atoms with Gasteiger partial charge in [0.25, 0.3) is 0 Å². The molecule has 0 aromatic rings. The number of amidine groups is 1. The molecule has 2 rings (SSSR count). The highest BCUT2D eigenvalue weighted by Gasteiger charge is 2.50. The summed E-state index contributed by atoms with van der Waals surface area (Å²) in [4.78, 5) is 4.37. The Morgan fingerprint density at radius 1 is 1.29 bits per heavy atom. The Morgan fingerprint density at radius 2 is 2.00 bits per heavy atom. The molecule has 0 N–H and O–H groups in total. The summed E-state index contributed by atoms with van der Waals surface area (Å²) in [6, 6.07) is 0. The van der Waals surface area contributed by atoms with Crippen molar-refractivity contribution in [3.63, 3.8) is 0 Å². The molecule has 0 atom stereocenters. The summed E-state index contributed by atoms with van der Waals surface area (Å²) in [5, 5.41) is 8.68. The minimum Gasteiger partial charge on any atom is -0.272 e. The zero-order valence-electron chi connectivity index (χ0n) is 12.7. The van der Waals surface area contributed by atoms with Gasteiger partial charge in [0, 0.05) is 18.5 Å². The first kappa shape index (κ1) is 15.9. The fraction of sp³-hybridized carbons (Fsp3) is 0.471. The van der Waals surface area contributed by atoms with Gasteiger partial charge in [-0.15, -0.1) is 5.11 Å². The minimum atomic E-state index is -0.106. The Balaban J connectivity index is 2.21. The first-order valence-electron chi connectivity index (χ1n) is 7.36. The van der Waals surface area contributed by atoms with Gasteiger partial charge in [-0.05, 0) is 38.2 Å². The lowest BCUT2D eigenvalue weighted by atomic mass is 9.93. The van der Waals surface area contributed by atoms with Crippen LogP contribution < -0.4 is 0 Å². The number of halogens is 1. The highest BCUT2D eigenvalue weighted by atomic mass is 35.5. The van der Waals surface area contributed by atoms with Crippen LogP contribution in [0.5, 0.6) is 0 Å². The van der Waals surface area contributed by atoms with Gasteiger partial charge in [-0.25, -0.2) is 0 Å². The smallest absolute Gasteiger partial charge is 0.156 e. The maximum absolute atomic E-state index is 5.64. The van der Waals surface area contributed by atoms with Crippen LogP contribution in [0.1, 0.15) is 32.6 Å². The van der Waals surface area contributed by atoms with Gasteiger partial charge in [0.05, 0.1) is 11.1 Å². The van der Waals surface area contributed by atoms with Crippen molar-refractivity contribution >= 4 is 17.4 Å². The van der Waals surface area contributed by atoms with Gasteiger partial charge in [0.15, 0.2) is 5.84 Å². The number of rotatable bonds is 6. The van der Waals surface area contributed by atoms with Crippen LogP contribution in [0.15, 0.2) is 62.9 Å². The van der Waals surface area contributed by atoms with E-state index in [0.717, 1.165) is 24.4 Å². The van der Waals surface area contributed by atoms with Crippen LogP contribution in [0.3, 0.4) is 0 Å². The molecule has 0 unspecified atom stereocenters. The third-order valence-corrected chi connectivity index (χ3v) is 4.10. The molecule has 0 aromatic heterocycles. The molecule has 3 nitrogen and oxygen atoms in total. The van der Waals surface area contributed by atoms with Crippen molar-refractivity contribution in [2.75, 3.05) is 7.05 Å². The monoisotopic (exact) mass is 303 g/mol. The predicted octanol–water partition coefficient (Wildman–Crippen LogP) is 5.43. The lowest BCUT2D eigenvalue weighted by Gasteiger charge is -2.15. The molecule has 2 aliphatic rings. The molecule has 2 fully saturated rings. The molecule has 4 heteroatoms. The van der Waals surface area contributed by atoms with Crippen LogP contribution in [0, 0.1) is 11.3 Å². The highest BCUT2D eigenvalue weighted by molar-refractivity contribution is 6.25. The maximum atomic E-state index is 5.64. The Bertz CT molecular complexity index is 544. The van der Waals surface area contributed by atoms with Crippen molar-refractivity contribution in [2.45, 2.75) is 32.6 Å². The highest BCUT2D eigenvalue weighted by Crippen LogP contribution is 2.54. The van der Waals surface area contributed by atoms with Crippen LogP contribution in [-0.2, 0) is 0 Å². The van der Waals surface area contributed by atoms with E-state index in [0.29, 0.717) is 5.92 Å². The molecule has 21 heavy (non-hydrogen) atoms. The SMILES string of the molecule is C=C(N=NC(=NC)C1(C(/C=C\C)=C/C=C/Cl)CC1)C1CC1. The van der Waals surface area contributed by atoms with E-state index in [-0.39, 0.29) is 5.41 Å². The standard InChI is InChI=1S/C17H22ClN3/c1-4-6-15(7-5-12-18)17(10-11-17)16(19-3)21-20-13(2)14-8-9-14/h4-7,12,14H,2,8-11H2,1,3H3/b6-4-,12-5+,15-7+,19-16?,21-20?. The number of hydrogen-bond donors (Lipinski definition) is 0. The second kappa shape index (κ2) is 6.99. The third kappa shape index (κ3) is 3.79. The Hall–Kier alpha value is -1.48. The maximum Gasteiger partial charge on any atom is 0.156 e. The van der Waals surface area contributed by atoms with E-state index in [4.69, 9.17) is 11.6 Å². The second-order valence-corrected chi connectivity index (χ2v) is 5.79. The number of allylic oxidation sites excluding steroid dienone is 5. The number of azo groups is 1. The van der Waals surface area contributed by atoms with Crippen molar-refractivity contribution in [1.29, 1.82) is 0 Å². The zero-order chi connectivity index (χ0) is 15.3. The van der Waals surface area contributed by atoms with Gasteiger partial charge in [0.2, 0.25) is 0 Å². The molecule has 0 bridgehead atoms. The molecule has 0 aliphatic heterocycles. The summed E-state index contributed by atoms with van der Waals surface area (Å²) in [5.74, 6) is 1.32. The summed E-state index contributed by atoms with van der Waals surface area (Å²) in [5.41, 5.74) is 3.46. The molecule has 0 aromatic carbocycles. The average Bonchev–Trinajstić information content (AvgIpc) is 3.37. The van der Waals surface area contributed by atoms with Gasteiger partial charge >= 0.3 is 0 Å². The van der Waals surface area contributed by atoms with Gasteiger partial charge in [-0.3, -0.25) is 4.99 Å². The van der Waals surface area contributed by atoms with E-state index in [2.05, 4.69) is 27.9 Å². The average molecular weight is 304 g/mol. The molecule has 112 valence electrons. The fourth-order valence-corrected chi connectivity index (χ4v) is 2.50. The quantitative estimate of drug-likeness (QED) is 0.272. The molecule has 2 saturated carbocycles. The van der Waals surface area contributed by atoms with Crippen LogP contribution in [0.2, 0.25) is 0 Å². The van der Waals surface area contributed by atoms with Crippen LogP contribution in [0.4, 0.5) is 0 Å². The van der Waals surface area contributed by atoms with E-state index in [1.54, 1.807) is 7.05 Å². The number of aliphatic imine (C=N–C) groups is 1. The topological polar surface area (TPSA) is 37.1 Å². The zero-order valence-corrected chi connectivity index (χ0v) is 13.5. The van der Waals surface area contributed by atoms with Gasteiger partial charge in [-0.1, -0.05) is 42.5 Å². The third-order valence-electron chi connectivity index (χ3n) is 3.96. The summed E-state index contributed by atoms with van der Waals surface area (Å²) >= 11 is 5.64. The molecule has 0 heterocycles. The molecule has 0 saturated heterocycles. The lowest BCUT2D eigenvalue weighted by Crippen LogP contribution is -2.15. The van der Waals surface area contributed by atoms with Gasteiger partial charge in [-0.2, -0.15) is 5.11 Å². The van der Waals surface area contributed by atoms with Crippen LogP contribution >= 0.6 is 11.6 Å². The first-order chi connectivity index (χ1) is 10.2. The number of hydrogen-bond acceptors (Lipinski definition) is 2. The fourth-order valence-electron chi connectivity index (χ4n) is 2.42. The molecule has 0 radical (unpaired) electrons. The summed E-state index contributed by atoms with van der Waals surface area (Å²) in [6.07, 6.45) is 12.4. The number of nitrogens with zero attached hydrogens (tertiary/aromatic N) is 3. The molecule has 2 aliphatic carbocycles. The Morgan fingerprint density at radius 3 is 2.48 bits per heavy atom. The Kier molecular flexibility index (Phi) is 5.29. The van der Waals surface area contributed by atoms with Crippen molar-refractivity contribution in [2.24, 2.45) is 26.6 Å². The predicted molar refractivity (Wildman–Crippen MR) is 89.6 cm³/mol. The normalized spacial score (nSPS) is 22.6. The minimum absolute atomic E-state index is 0.106. The molecule has 0 spiro atoms. The van der Waals surface area contributed by atoms with Gasteiger partial charge < -0.3 is 0 Å². The van der Waals surface area contributed by atoms with Crippen molar-refractivity contribution < 1.29 is 0 Å². The summed E-state index contributed by atoms with van der Waals surface area (Å²) in [6.45, 7) is 5.99. The van der Waals surface area contributed by atoms with E-state index < -0.39 is 0 Å². The largest absolute Gasteiger partial charge is 0.272 e. The van der Waals surface area contributed by atoms with E-state index in [9.17, 15) is 0 Å². The Labute approximate surface area is 131 Å². The molecular weight excluding hydrogens is 282 g/mol. The molecule has 0 amide bonds. The van der Waals surface area contributed by atoms with Crippen molar-refractivity contribution in [3.05, 3.63) is 47.7 Å². The lowest BCUT2D eigenvalue weighted by molar-refractivity contribution is 0.831.